The van der Waals surface area contributed by atoms with Crippen molar-refractivity contribution < 1.29 is 23.5 Å². The van der Waals surface area contributed by atoms with Gasteiger partial charge in [0, 0.05) is 0 Å². The molecule has 0 bridgehead atoms. The molecule has 0 aromatic heterocycles. The van der Waals surface area contributed by atoms with Crippen LogP contribution in [0.25, 0.3) is 0 Å². The Morgan fingerprint density at radius 2 is 1.59 bits per heavy atom. The van der Waals surface area contributed by atoms with Gasteiger partial charge in [0.05, 0.1) is 17.9 Å². The minimum Gasteiger partial charge on any atom is -0.478 e. The molecule has 3 N–H and O–H groups in total. The normalized spacial score (nSPS) is 10.1. The number of para-hydroxylation sites is 1. The highest BCUT2D eigenvalue weighted by atomic mass is 19.1. The number of anilines is 2. The molecule has 114 valence electrons. The molecule has 0 saturated heterocycles. The number of carbonyl (C=O) groups excluding carboxylic acids is 1. The highest BCUT2D eigenvalue weighted by molar-refractivity contribution is 6.01. The van der Waals surface area contributed by atoms with Crippen LogP contribution in [0.2, 0.25) is 0 Å². The first-order valence-corrected chi connectivity index (χ1v) is 6.29. The molecular weight excluding hydrogens is 294 g/mol. The Labute approximate surface area is 124 Å². The second-order valence-electron chi connectivity index (χ2n) is 4.35. The second-order valence-corrected chi connectivity index (χ2v) is 4.35. The van der Waals surface area contributed by atoms with E-state index in [0.29, 0.717) is 0 Å². The van der Waals surface area contributed by atoms with Crippen LogP contribution in [0.5, 0.6) is 0 Å². The Morgan fingerprint density at radius 1 is 0.955 bits per heavy atom. The van der Waals surface area contributed by atoms with Crippen LogP contribution in [0.1, 0.15) is 10.4 Å². The Hall–Kier alpha value is -2.96. The third-order valence-electron chi connectivity index (χ3n) is 2.81. The van der Waals surface area contributed by atoms with Crippen LogP contribution in [-0.4, -0.2) is 23.5 Å². The first-order valence-electron chi connectivity index (χ1n) is 6.29. The standard InChI is InChI=1S/C15H12F2N2O3/c16-9-4-1-2-6-11(9)18-8-13(20)19-12-7-3-5-10(17)14(12)15(21)22/h1-7,18H,8H2,(H,19,20)(H,21,22). The Morgan fingerprint density at radius 3 is 2.27 bits per heavy atom. The third kappa shape index (κ3) is 3.57. The molecule has 7 heteroatoms. The topological polar surface area (TPSA) is 78.4 Å². The zero-order valence-electron chi connectivity index (χ0n) is 11.3. The molecule has 2 rings (SSSR count). The van der Waals surface area contributed by atoms with Crippen molar-refractivity contribution >= 4 is 23.3 Å². The van der Waals surface area contributed by atoms with Crippen molar-refractivity contribution in [3.05, 3.63) is 59.7 Å². The summed E-state index contributed by atoms with van der Waals surface area (Å²) in [5, 5.41) is 13.8. The van der Waals surface area contributed by atoms with E-state index in [0.717, 1.165) is 6.07 Å². The Bertz CT molecular complexity index is 720. The summed E-state index contributed by atoms with van der Waals surface area (Å²) in [6, 6.07) is 9.32. The van der Waals surface area contributed by atoms with Crippen molar-refractivity contribution in [1.29, 1.82) is 0 Å². The molecule has 2 aromatic carbocycles. The number of benzene rings is 2. The molecule has 0 aliphatic carbocycles. The molecule has 0 spiro atoms. The lowest BCUT2D eigenvalue weighted by atomic mass is 10.1. The summed E-state index contributed by atoms with van der Waals surface area (Å²) in [6.45, 7) is -0.295. The lowest BCUT2D eigenvalue weighted by Crippen LogP contribution is -2.23. The maximum atomic E-state index is 13.5. The third-order valence-corrected chi connectivity index (χ3v) is 2.81. The first-order chi connectivity index (χ1) is 10.5. The number of amides is 1. The van der Waals surface area contributed by atoms with Gasteiger partial charge in [-0.15, -0.1) is 0 Å². The van der Waals surface area contributed by atoms with Gasteiger partial charge >= 0.3 is 5.97 Å². The quantitative estimate of drug-likeness (QED) is 0.793. The van der Waals surface area contributed by atoms with Crippen molar-refractivity contribution in [3.63, 3.8) is 0 Å². The van der Waals surface area contributed by atoms with E-state index < -0.39 is 29.1 Å². The van der Waals surface area contributed by atoms with Gasteiger partial charge in [-0.1, -0.05) is 18.2 Å². The summed E-state index contributed by atoms with van der Waals surface area (Å²) in [5.41, 5.74) is -0.648. The van der Waals surface area contributed by atoms with Crippen molar-refractivity contribution in [1.82, 2.24) is 0 Å². The molecule has 0 atom stereocenters. The summed E-state index contributed by atoms with van der Waals surface area (Å²) in [7, 11) is 0. The van der Waals surface area contributed by atoms with E-state index in [1.807, 2.05) is 0 Å². The molecule has 22 heavy (non-hydrogen) atoms. The number of carbonyl (C=O) groups is 2. The van der Waals surface area contributed by atoms with E-state index in [2.05, 4.69) is 10.6 Å². The lowest BCUT2D eigenvalue weighted by Gasteiger charge is -2.10. The first kappa shape index (κ1) is 15.4. The predicted molar refractivity (Wildman–Crippen MR) is 76.9 cm³/mol. The van der Waals surface area contributed by atoms with Gasteiger partial charge in [0.15, 0.2) is 0 Å². The minimum absolute atomic E-state index is 0.135. The van der Waals surface area contributed by atoms with Gasteiger partial charge < -0.3 is 15.7 Å². The van der Waals surface area contributed by atoms with Gasteiger partial charge in [0.25, 0.3) is 0 Å². The fraction of sp³-hybridized carbons (Fsp3) is 0.0667. The van der Waals surface area contributed by atoms with Crippen molar-refractivity contribution in [3.8, 4) is 0 Å². The summed E-state index contributed by atoms with van der Waals surface area (Å²) in [4.78, 5) is 22.8. The van der Waals surface area contributed by atoms with Gasteiger partial charge in [0.2, 0.25) is 5.91 Å². The van der Waals surface area contributed by atoms with E-state index in [-0.39, 0.29) is 17.9 Å². The maximum absolute atomic E-state index is 13.5. The van der Waals surface area contributed by atoms with E-state index in [1.54, 1.807) is 6.07 Å². The predicted octanol–water partition coefficient (Wildman–Crippen LogP) is 2.71. The highest BCUT2D eigenvalue weighted by Crippen LogP contribution is 2.19. The number of hydrogen-bond acceptors (Lipinski definition) is 3. The summed E-state index contributed by atoms with van der Waals surface area (Å²) in [5.74, 6) is -3.59. The molecule has 5 nitrogen and oxygen atoms in total. The van der Waals surface area contributed by atoms with Crippen molar-refractivity contribution in [2.45, 2.75) is 0 Å². The van der Waals surface area contributed by atoms with Crippen molar-refractivity contribution in [2.75, 3.05) is 17.2 Å². The number of carboxylic acids is 1. The SMILES string of the molecule is O=C(CNc1ccccc1F)Nc1cccc(F)c1C(=O)O. The monoisotopic (exact) mass is 306 g/mol. The van der Waals surface area contributed by atoms with Crippen LogP contribution in [0.3, 0.4) is 0 Å². The largest absolute Gasteiger partial charge is 0.478 e. The lowest BCUT2D eigenvalue weighted by molar-refractivity contribution is -0.114. The van der Waals surface area contributed by atoms with Gasteiger partial charge in [-0.3, -0.25) is 4.79 Å². The number of carboxylic acid groups (broad SMARTS) is 1. The fourth-order valence-corrected chi connectivity index (χ4v) is 1.82. The van der Waals surface area contributed by atoms with E-state index in [9.17, 15) is 18.4 Å². The minimum atomic E-state index is -1.49. The number of nitrogens with one attached hydrogen (secondary N) is 2. The number of rotatable bonds is 5. The molecule has 0 aliphatic heterocycles. The summed E-state index contributed by atoms with van der Waals surface area (Å²) >= 11 is 0. The van der Waals surface area contributed by atoms with Gasteiger partial charge in [-0.2, -0.15) is 0 Å². The van der Waals surface area contributed by atoms with Crippen LogP contribution in [0.15, 0.2) is 42.5 Å². The molecule has 0 radical (unpaired) electrons. The van der Waals surface area contributed by atoms with Crippen molar-refractivity contribution in [2.24, 2.45) is 0 Å². The molecule has 0 saturated carbocycles. The zero-order chi connectivity index (χ0) is 16.1. The Balaban J connectivity index is 2.06. The molecular formula is C15H12F2N2O3. The van der Waals surface area contributed by atoms with Crippen LogP contribution in [0.4, 0.5) is 20.2 Å². The smallest absolute Gasteiger partial charge is 0.340 e. The molecule has 1 amide bonds. The highest BCUT2D eigenvalue weighted by Gasteiger charge is 2.17. The van der Waals surface area contributed by atoms with E-state index in [1.165, 1.54) is 30.3 Å². The molecule has 2 aromatic rings. The van der Waals surface area contributed by atoms with Crippen LogP contribution in [-0.2, 0) is 4.79 Å². The summed E-state index contributed by atoms with van der Waals surface area (Å²) < 4.78 is 26.8. The molecule has 0 aliphatic rings. The van der Waals surface area contributed by atoms with Crippen LogP contribution in [0, 0.1) is 11.6 Å². The number of halogens is 2. The van der Waals surface area contributed by atoms with Gasteiger partial charge in [-0.25, -0.2) is 13.6 Å². The van der Waals surface area contributed by atoms with Gasteiger partial charge in [0.1, 0.15) is 17.2 Å². The molecule has 0 unspecified atom stereocenters. The zero-order valence-corrected chi connectivity index (χ0v) is 11.3. The maximum Gasteiger partial charge on any atom is 0.340 e. The van der Waals surface area contributed by atoms with Gasteiger partial charge in [-0.05, 0) is 24.3 Å². The summed E-state index contributed by atoms with van der Waals surface area (Å²) in [6.07, 6.45) is 0. The number of aromatic carboxylic acids is 1. The van der Waals surface area contributed by atoms with E-state index in [4.69, 9.17) is 5.11 Å². The molecule has 0 heterocycles. The fourth-order valence-electron chi connectivity index (χ4n) is 1.82. The Kier molecular flexibility index (Phi) is 4.67. The average molecular weight is 306 g/mol. The van der Waals surface area contributed by atoms with Crippen LogP contribution < -0.4 is 10.6 Å². The van der Waals surface area contributed by atoms with E-state index >= 15 is 0 Å². The average Bonchev–Trinajstić information content (AvgIpc) is 2.46. The van der Waals surface area contributed by atoms with Crippen LogP contribution >= 0.6 is 0 Å². The number of hydrogen-bond donors (Lipinski definition) is 3. The molecule has 0 fully saturated rings. The second kappa shape index (κ2) is 6.66.